The molecule has 1 aliphatic carbocycles. The van der Waals surface area contributed by atoms with E-state index in [1.165, 1.54) is 38.1 Å². The second-order valence-corrected chi connectivity index (χ2v) is 5.10. The first-order chi connectivity index (χ1) is 6.37. The first-order valence-electron chi connectivity index (χ1n) is 5.19. The molecule has 3 heteroatoms. The minimum absolute atomic E-state index is 0.478. The second-order valence-electron chi connectivity index (χ2n) is 4.11. The molecule has 0 radical (unpaired) electrons. The Labute approximate surface area is 85.0 Å². The van der Waals surface area contributed by atoms with E-state index in [4.69, 9.17) is 4.74 Å². The van der Waals surface area contributed by atoms with Crippen molar-refractivity contribution >= 4 is 11.8 Å². The van der Waals surface area contributed by atoms with Crippen LogP contribution in [0.5, 0.6) is 0 Å². The number of ether oxygens (including phenoxy) is 1. The maximum atomic E-state index is 5.63. The zero-order chi connectivity index (χ0) is 9.15. The van der Waals surface area contributed by atoms with Crippen LogP contribution in [0.25, 0.3) is 0 Å². The predicted molar refractivity (Wildman–Crippen MR) is 57.4 cm³/mol. The lowest BCUT2D eigenvalue weighted by atomic mass is 10.2. The summed E-state index contributed by atoms with van der Waals surface area (Å²) >= 11 is 1.95. The van der Waals surface area contributed by atoms with E-state index in [1.54, 1.807) is 0 Å². The van der Waals surface area contributed by atoms with Crippen LogP contribution in [0.3, 0.4) is 0 Å². The molecule has 2 nitrogen and oxygen atoms in total. The summed E-state index contributed by atoms with van der Waals surface area (Å²) in [5.41, 5.74) is 0.478. The maximum absolute atomic E-state index is 5.63. The lowest BCUT2D eigenvalue weighted by Crippen LogP contribution is -2.41. The van der Waals surface area contributed by atoms with Crippen LogP contribution in [0.1, 0.15) is 19.3 Å². The summed E-state index contributed by atoms with van der Waals surface area (Å²) in [5, 5.41) is 0. The van der Waals surface area contributed by atoms with Gasteiger partial charge in [0.2, 0.25) is 0 Å². The molecule has 0 aromatic carbocycles. The molecule has 1 saturated carbocycles. The van der Waals surface area contributed by atoms with Gasteiger partial charge in [-0.15, -0.1) is 0 Å². The minimum Gasteiger partial charge on any atom is -0.379 e. The third kappa shape index (κ3) is 2.20. The number of hydrogen-bond acceptors (Lipinski definition) is 3. The summed E-state index contributed by atoms with van der Waals surface area (Å²) < 4.78 is 5.63. The molecule has 2 aliphatic rings. The Morgan fingerprint density at radius 3 is 3.00 bits per heavy atom. The zero-order valence-corrected chi connectivity index (χ0v) is 9.24. The van der Waals surface area contributed by atoms with Gasteiger partial charge in [0, 0.05) is 31.0 Å². The van der Waals surface area contributed by atoms with Gasteiger partial charge in [-0.3, -0.25) is 4.90 Å². The first-order valence-corrected chi connectivity index (χ1v) is 6.58. The van der Waals surface area contributed by atoms with Gasteiger partial charge in [0.25, 0.3) is 0 Å². The SMILES string of the molecule is CSCCN1CCCOCC12CC2. The fourth-order valence-corrected chi connectivity index (χ4v) is 2.51. The van der Waals surface area contributed by atoms with Gasteiger partial charge < -0.3 is 4.74 Å². The molecule has 1 aliphatic heterocycles. The topological polar surface area (TPSA) is 12.5 Å². The summed E-state index contributed by atoms with van der Waals surface area (Å²) in [6.07, 6.45) is 6.13. The zero-order valence-electron chi connectivity index (χ0n) is 8.42. The van der Waals surface area contributed by atoms with Crippen LogP contribution in [-0.4, -0.2) is 48.8 Å². The summed E-state index contributed by atoms with van der Waals surface area (Å²) in [6.45, 7) is 4.46. The van der Waals surface area contributed by atoms with Gasteiger partial charge in [-0.2, -0.15) is 11.8 Å². The minimum atomic E-state index is 0.478. The van der Waals surface area contributed by atoms with Gasteiger partial charge in [0.15, 0.2) is 0 Å². The van der Waals surface area contributed by atoms with E-state index >= 15 is 0 Å². The third-order valence-corrected chi connectivity index (χ3v) is 3.74. The highest BCUT2D eigenvalue weighted by atomic mass is 32.2. The highest BCUT2D eigenvalue weighted by molar-refractivity contribution is 7.98. The van der Waals surface area contributed by atoms with Crippen LogP contribution >= 0.6 is 11.8 Å². The van der Waals surface area contributed by atoms with Gasteiger partial charge >= 0.3 is 0 Å². The Hall–Kier alpha value is 0.270. The summed E-state index contributed by atoms with van der Waals surface area (Å²) in [7, 11) is 0. The van der Waals surface area contributed by atoms with Gasteiger partial charge in [0.05, 0.1) is 6.61 Å². The van der Waals surface area contributed by atoms with Crippen molar-refractivity contribution in [2.45, 2.75) is 24.8 Å². The molecule has 1 heterocycles. The molecular formula is C10H19NOS. The van der Waals surface area contributed by atoms with E-state index in [2.05, 4.69) is 11.2 Å². The molecule has 0 N–H and O–H groups in total. The Morgan fingerprint density at radius 2 is 2.31 bits per heavy atom. The predicted octanol–water partition coefficient (Wildman–Crippen LogP) is 1.60. The molecule has 0 unspecified atom stereocenters. The molecule has 0 atom stereocenters. The molecule has 1 saturated heterocycles. The van der Waals surface area contributed by atoms with Crippen molar-refractivity contribution < 1.29 is 4.74 Å². The highest BCUT2D eigenvalue weighted by Gasteiger charge is 2.48. The molecule has 0 aromatic rings. The van der Waals surface area contributed by atoms with E-state index < -0.39 is 0 Å². The van der Waals surface area contributed by atoms with Crippen molar-refractivity contribution in [3.8, 4) is 0 Å². The van der Waals surface area contributed by atoms with Crippen LogP contribution in [0.2, 0.25) is 0 Å². The van der Waals surface area contributed by atoms with Crippen LogP contribution in [-0.2, 0) is 4.74 Å². The van der Waals surface area contributed by atoms with Crippen molar-refractivity contribution in [1.82, 2.24) is 4.90 Å². The van der Waals surface area contributed by atoms with Crippen molar-refractivity contribution in [3.63, 3.8) is 0 Å². The van der Waals surface area contributed by atoms with E-state index in [0.717, 1.165) is 13.2 Å². The summed E-state index contributed by atoms with van der Waals surface area (Å²) in [5.74, 6) is 1.27. The Balaban J connectivity index is 1.89. The van der Waals surface area contributed by atoms with Crippen LogP contribution < -0.4 is 0 Å². The molecule has 0 bridgehead atoms. The van der Waals surface area contributed by atoms with Gasteiger partial charge in [-0.25, -0.2) is 0 Å². The van der Waals surface area contributed by atoms with Crippen molar-refractivity contribution in [3.05, 3.63) is 0 Å². The molecule has 2 rings (SSSR count). The van der Waals surface area contributed by atoms with Gasteiger partial charge in [-0.1, -0.05) is 0 Å². The van der Waals surface area contributed by atoms with Crippen molar-refractivity contribution in [2.75, 3.05) is 38.3 Å². The first kappa shape index (κ1) is 9.81. The monoisotopic (exact) mass is 201 g/mol. The smallest absolute Gasteiger partial charge is 0.0650 e. The molecule has 13 heavy (non-hydrogen) atoms. The molecule has 1 spiro atoms. The molecule has 2 fully saturated rings. The number of thioether (sulfide) groups is 1. The van der Waals surface area contributed by atoms with Crippen molar-refractivity contribution in [1.29, 1.82) is 0 Å². The average molecular weight is 201 g/mol. The highest BCUT2D eigenvalue weighted by Crippen LogP contribution is 2.43. The molecule has 0 aromatic heterocycles. The number of rotatable bonds is 3. The van der Waals surface area contributed by atoms with Crippen molar-refractivity contribution in [2.24, 2.45) is 0 Å². The largest absolute Gasteiger partial charge is 0.379 e. The fraction of sp³-hybridized carbons (Fsp3) is 1.00. The normalized spacial score (nSPS) is 27.5. The Bertz CT molecular complexity index is 170. The quantitative estimate of drug-likeness (QED) is 0.688. The lowest BCUT2D eigenvalue weighted by Gasteiger charge is -2.28. The lowest BCUT2D eigenvalue weighted by molar-refractivity contribution is 0.0903. The van der Waals surface area contributed by atoms with Crippen LogP contribution in [0.15, 0.2) is 0 Å². The van der Waals surface area contributed by atoms with Crippen LogP contribution in [0.4, 0.5) is 0 Å². The average Bonchev–Trinajstić information content (AvgIpc) is 2.93. The van der Waals surface area contributed by atoms with E-state index in [0.29, 0.717) is 5.54 Å². The fourth-order valence-electron chi connectivity index (χ4n) is 2.10. The van der Waals surface area contributed by atoms with E-state index in [9.17, 15) is 0 Å². The second kappa shape index (κ2) is 4.20. The summed E-state index contributed by atoms with van der Waals surface area (Å²) in [4.78, 5) is 2.66. The third-order valence-electron chi connectivity index (χ3n) is 3.15. The number of hydrogen-bond donors (Lipinski definition) is 0. The van der Waals surface area contributed by atoms with Crippen LogP contribution in [0, 0.1) is 0 Å². The molecule has 0 amide bonds. The Kier molecular flexibility index (Phi) is 3.17. The Morgan fingerprint density at radius 1 is 1.46 bits per heavy atom. The number of nitrogens with zero attached hydrogens (tertiary/aromatic N) is 1. The van der Waals surface area contributed by atoms with E-state index in [1.807, 2.05) is 11.8 Å². The summed E-state index contributed by atoms with van der Waals surface area (Å²) in [6, 6.07) is 0. The maximum Gasteiger partial charge on any atom is 0.0650 e. The van der Waals surface area contributed by atoms with Gasteiger partial charge in [0.1, 0.15) is 0 Å². The van der Waals surface area contributed by atoms with E-state index in [-0.39, 0.29) is 0 Å². The molecular weight excluding hydrogens is 182 g/mol. The standard InChI is InChI=1S/C10H19NOS/c1-13-8-6-11-5-2-7-12-9-10(11)3-4-10/h2-9H2,1H3. The molecule has 76 valence electrons. The van der Waals surface area contributed by atoms with Gasteiger partial charge in [-0.05, 0) is 25.5 Å².